The highest BCUT2D eigenvalue weighted by atomic mass is 15.0. The van der Waals surface area contributed by atoms with Crippen molar-refractivity contribution in [3.63, 3.8) is 0 Å². The van der Waals surface area contributed by atoms with E-state index in [9.17, 15) is 0 Å². The van der Waals surface area contributed by atoms with E-state index in [-0.39, 0.29) is 0 Å². The number of hydrogen-bond acceptors (Lipinski definition) is 0. The van der Waals surface area contributed by atoms with E-state index in [1.807, 2.05) is 0 Å². The number of rotatable bonds is 3. The Morgan fingerprint density at radius 2 is 0.627 bits per heavy atom. The van der Waals surface area contributed by atoms with Crippen LogP contribution in [0.1, 0.15) is 0 Å². The minimum absolute atomic E-state index is 1.16. The first-order chi connectivity index (χ1) is 25.2. The van der Waals surface area contributed by atoms with Gasteiger partial charge >= 0.3 is 0 Å². The van der Waals surface area contributed by atoms with Gasteiger partial charge in [0.2, 0.25) is 0 Å². The van der Waals surface area contributed by atoms with Crippen molar-refractivity contribution in [3.05, 3.63) is 176 Å². The number of fused-ring (bicyclic) bond motifs is 3. The molecule has 0 radical (unpaired) electrons. The summed E-state index contributed by atoms with van der Waals surface area (Å²) in [6.45, 7) is 0. The van der Waals surface area contributed by atoms with E-state index in [1.165, 1.54) is 109 Å². The zero-order valence-electron chi connectivity index (χ0n) is 27.7. The summed E-state index contributed by atoms with van der Waals surface area (Å²) >= 11 is 0. The van der Waals surface area contributed by atoms with E-state index in [0.29, 0.717) is 0 Å². The molecule has 1 nitrogen and oxygen atoms in total. The Balaban J connectivity index is 1.08. The number of para-hydroxylation sites is 1. The minimum atomic E-state index is 1.16. The summed E-state index contributed by atoms with van der Waals surface area (Å²) in [4.78, 5) is 0. The Bertz CT molecular complexity index is 3010. The van der Waals surface area contributed by atoms with E-state index in [0.717, 1.165) is 5.69 Å². The van der Waals surface area contributed by atoms with Crippen molar-refractivity contribution in [2.24, 2.45) is 0 Å². The molecule has 1 heteroatoms. The van der Waals surface area contributed by atoms with Crippen molar-refractivity contribution in [2.45, 2.75) is 0 Å². The van der Waals surface area contributed by atoms with Crippen LogP contribution in [0.4, 0.5) is 0 Å². The molecule has 0 amide bonds. The third-order valence-corrected chi connectivity index (χ3v) is 11.4. The van der Waals surface area contributed by atoms with Gasteiger partial charge in [0.1, 0.15) is 0 Å². The van der Waals surface area contributed by atoms with Gasteiger partial charge in [-0.15, -0.1) is 0 Å². The highest BCUT2D eigenvalue weighted by Crippen LogP contribution is 2.42. The Labute approximate surface area is 293 Å². The monoisotopic (exact) mass is 643 g/mol. The van der Waals surface area contributed by atoms with Gasteiger partial charge in [-0.2, -0.15) is 0 Å². The second-order valence-electron chi connectivity index (χ2n) is 14.2. The first kappa shape index (κ1) is 27.2. The highest BCUT2D eigenvalue weighted by molar-refractivity contribution is 6.25. The lowest BCUT2D eigenvalue weighted by Gasteiger charge is -2.14. The van der Waals surface area contributed by atoms with Crippen LogP contribution < -0.4 is 0 Å². The normalized spacial score (nSPS) is 12.3. The molecular formula is C50H29N. The average Bonchev–Trinajstić information content (AvgIpc) is 3.52. The zero-order valence-corrected chi connectivity index (χ0v) is 27.7. The predicted octanol–water partition coefficient (Wildman–Crippen LogP) is 13.9. The standard InChI is InChI=1S/C50H29N/c1-2-10-42(11-3-1)51-45-28-34(40-24-36-16-12-30-6-4-7-31-13-17-37(25-40)49(36)47(30)31)20-22-43(45)44-23-21-35(29-46(44)51)41-26-38-18-14-32-8-5-9-33-15-19-39(27-41)50(38)48(32)33/h1-29H. The van der Waals surface area contributed by atoms with Gasteiger partial charge in [0.05, 0.1) is 11.0 Å². The van der Waals surface area contributed by atoms with Crippen molar-refractivity contribution in [1.82, 2.24) is 4.57 Å². The largest absolute Gasteiger partial charge is 0.309 e. The summed E-state index contributed by atoms with van der Waals surface area (Å²) in [6.07, 6.45) is 0. The molecule has 0 bridgehead atoms. The maximum Gasteiger partial charge on any atom is 0.0547 e. The molecule has 0 aliphatic heterocycles. The van der Waals surface area contributed by atoms with Crippen molar-refractivity contribution >= 4 is 86.4 Å². The van der Waals surface area contributed by atoms with Gasteiger partial charge in [-0.25, -0.2) is 0 Å². The summed E-state index contributed by atoms with van der Waals surface area (Å²) in [5.41, 5.74) is 8.51. The second-order valence-corrected chi connectivity index (χ2v) is 14.2. The SMILES string of the molecule is c1ccc(-n2c3cc(-c4cc5ccc6cccc7ccc(c4)c5c67)ccc3c3ccc(-c4cc5ccc6cccc7ccc(c4)c5c67)cc32)cc1. The molecule has 0 unspecified atom stereocenters. The summed E-state index contributed by atoms with van der Waals surface area (Å²) < 4.78 is 2.45. The molecule has 0 N–H and O–H groups in total. The molecule has 0 aliphatic carbocycles. The summed E-state index contributed by atoms with van der Waals surface area (Å²) in [7, 11) is 0. The van der Waals surface area contributed by atoms with Crippen LogP contribution in [0.25, 0.3) is 114 Å². The molecule has 12 rings (SSSR count). The smallest absolute Gasteiger partial charge is 0.0547 e. The van der Waals surface area contributed by atoms with Crippen LogP contribution in [0.3, 0.4) is 0 Å². The van der Waals surface area contributed by atoms with Gasteiger partial charge in [-0.05, 0) is 135 Å². The van der Waals surface area contributed by atoms with Crippen LogP contribution in [0, 0.1) is 0 Å². The maximum absolute atomic E-state index is 2.45. The third-order valence-electron chi connectivity index (χ3n) is 11.4. The van der Waals surface area contributed by atoms with Crippen molar-refractivity contribution in [3.8, 4) is 27.9 Å². The Kier molecular flexibility index (Phi) is 5.29. The predicted molar refractivity (Wildman–Crippen MR) is 219 cm³/mol. The molecule has 1 heterocycles. The lowest BCUT2D eigenvalue weighted by atomic mass is 9.91. The van der Waals surface area contributed by atoms with E-state index < -0.39 is 0 Å². The number of hydrogen-bond donors (Lipinski definition) is 0. The van der Waals surface area contributed by atoms with Gasteiger partial charge in [0.25, 0.3) is 0 Å². The van der Waals surface area contributed by atoms with Crippen LogP contribution >= 0.6 is 0 Å². The summed E-state index contributed by atoms with van der Waals surface area (Å²) in [5.74, 6) is 0. The van der Waals surface area contributed by atoms with Gasteiger partial charge in [0, 0.05) is 16.5 Å². The van der Waals surface area contributed by atoms with E-state index in [4.69, 9.17) is 0 Å². The van der Waals surface area contributed by atoms with Crippen LogP contribution in [-0.4, -0.2) is 4.57 Å². The van der Waals surface area contributed by atoms with E-state index in [1.54, 1.807) is 0 Å². The van der Waals surface area contributed by atoms with Crippen molar-refractivity contribution < 1.29 is 0 Å². The quantitative estimate of drug-likeness (QED) is 0.169. The molecule has 1 aromatic heterocycles. The van der Waals surface area contributed by atoms with Crippen LogP contribution in [0.2, 0.25) is 0 Å². The van der Waals surface area contributed by atoms with Gasteiger partial charge in [-0.3, -0.25) is 0 Å². The third kappa shape index (κ3) is 3.81. The average molecular weight is 644 g/mol. The minimum Gasteiger partial charge on any atom is -0.309 e. The molecule has 11 aromatic carbocycles. The highest BCUT2D eigenvalue weighted by Gasteiger charge is 2.17. The van der Waals surface area contributed by atoms with Gasteiger partial charge < -0.3 is 4.57 Å². The van der Waals surface area contributed by atoms with Crippen LogP contribution in [0.5, 0.6) is 0 Å². The number of nitrogens with zero attached hydrogens (tertiary/aromatic N) is 1. The first-order valence-corrected chi connectivity index (χ1v) is 17.7. The fourth-order valence-corrected chi connectivity index (χ4v) is 9.07. The lowest BCUT2D eigenvalue weighted by molar-refractivity contribution is 1.18. The summed E-state index contributed by atoms with van der Waals surface area (Å²) in [6, 6.07) is 65.7. The summed E-state index contributed by atoms with van der Waals surface area (Å²) in [5, 5.41) is 18.3. The maximum atomic E-state index is 2.45. The first-order valence-electron chi connectivity index (χ1n) is 17.7. The Morgan fingerprint density at radius 1 is 0.255 bits per heavy atom. The molecule has 234 valence electrons. The number of aromatic nitrogens is 1. The molecule has 0 saturated heterocycles. The zero-order chi connectivity index (χ0) is 33.2. The molecule has 0 aliphatic rings. The topological polar surface area (TPSA) is 4.93 Å². The number of benzene rings is 11. The lowest BCUT2D eigenvalue weighted by Crippen LogP contribution is -1.94. The Morgan fingerprint density at radius 3 is 1.04 bits per heavy atom. The molecule has 12 aromatic rings. The molecular weight excluding hydrogens is 615 g/mol. The molecule has 0 saturated carbocycles. The van der Waals surface area contributed by atoms with E-state index in [2.05, 4.69) is 180 Å². The van der Waals surface area contributed by atoms with Gasteiger partial charge in [0.15, 0.2) is 0 Å². The fourth-order valence-electron chi connectivity index (χ4n) is 9.07. The molecule has 0 atom stereocenters. The molecule has 0 fully saturated rings. The second kappa shape index (κ2) is 9.94. The van der Waals surface area contributed by atoms with E-state index >= 15 is 0 Å². The van der Waals surface area contributed by atoms with Crippen LogP contribution in [0.15, 0.2) is 176 Å². The Hall–Kier alpha value is -6.70. The van der Waals surface area contributed by atoms with Crippen molar-refractivity contribution in [2.75, 3.05) is 0 Å². The molecule has 51 heavy (non-hydrogen) atoms. The van der Waals surface area contributed by atoms with Crippen molar-refractivity contribution in [1.29, 1.82) is 0 Å². The fraction of sp³-hybridized carbons (Fsp3) is 0. The molecule has 0 spiro atoms. The van der Waals surface area contributed by atoms with Crippen LogP contribution in [-0.2, 0) is 0 Å². The van der Waals surface area contributed by atoms with Gasteiger partial charge in [-0.1, -0.05) is 127 Å².